The maximum Gasteiger partial charge on any atom is 0.269 e. The van der Waals surface area contributed by atoms with E-state index in [0.717, 1.165) is 20.9 Å². The SMILES string of the molecule is N#Cc1c(-c2c[nH]c3ccc(Br)cc23)[nH]c(C(=O)c2ccccc2)c1-c1ccc([N+](=O)[O-])cc1. The molecule has 0 saturated carbocycles. The number of ketones is 1. The quantitative estimate of drug-likeness (QED) is 0.157. The van der Waals surface area contributed by atoms with Gasteiger partial charge in [0.05, 0.1) is 21.9 Å². The lowest BCUT2D eigenvalue weighted by atomic mass is 9.95. The summed E-state index contributed by atoms with van der Waals surface area (Å²) < 4.78 is 0.877. The van der Waals surface area contributed by atoms with Crippen LogP contribution in [0.1, 0.15) is 21.6 Å². The minimum atomic E-state index is -0.489. The molecule has 2 aromatic heterocycles. The first-order chi connectivity index (χ1) is 16.5. The molecule has 0 fully saturated rings. The minimum Gasteiger partial charge on any atom is -0.360 e. The summed E-state index contributed by atoms with van der Waals surface area (Å²) in [6, 6.07) is 22.6. The second-order valence-electron chi connectivity index (χ2n) is 7.63. The number of hydrogen-bond acceptors (Lipinski definition) is 4. The normalized spacial score (nSPS) is 10.8. The molecule has 0 unspecified atom stereocenters. The standard InChI is InChI=1S/C26H15BrN4O3/c27-17-8-11-22-19(12-17)21(14-29-22)24-20(13-28)23(15-6-9-18(10-7-15)31(33)34)25(30-24)26(32)16-4-2-1-3-5-16/h1-12,14,29-30H. The van der Waals surface area contributed by atoms with Crippen LogP contribution in [0.3, 0.4) is 0 Å². The molecule has 0 saturated heterocycles. The van der Waals surface area contributed by atoms with Crippen LogP contribution in [0.5, 0.6) is 0 Å². The van der Waals surface area contributed by atoms with Gasteiger partial charge in [-0.1, -0.05) is 46.3 Å². The Bertz CT molecular complexity index is 1610. The summed E-state index contributed by atoms with van der Waals surface area (Å²) in [5.41, 5.74) is 3.98. The highest BCUT2D eigenvalue weighted by Crippen LogP contribution is 2.39. The van der Waals surface area contributed by atoms with Crippen molar-refractivity contribution in [2.45, 2.75) is 0 Å². The van der Waals surface area contributed by atoms with Gasteiger partial charge in [0.25, 0.3) is 5.69 Å². The molecule has 2 heterocycles. The molecule has 7 nitrogen and oxygen atoms in total. The molecule has 3 aromatic carbocycles. The number of halogens is 1. The van der Waals surface area contributed by atoms with Crippen molar-refractivity contribution >= 4 is 38.3 Å². The Hall–Kier alpha value is -4.48. The van der Waals surface area contributed by atoms with Gasteiger partial charge in [-0.25, -0.2) is 0 Å². The number of hydrogen-bond donors (Lipinski definition) is 2. The zero-order chi connectivity index (χ0) is 23.8. The van der Waals surface area contributed by atoms with E-state index in [1.165, 1.54) is 12.1 Å². The van der Waals surface area contributed by atoms with E-state index < -0.39 is 4.92 Å². The third-order valence-electron chi connectivity index (χ3n) is 5.65. The van der Waals surface area contributed by atoms with Gasteiger partial charge in [0, 0.05) is 50.4 Å². The first-order valence-electron chi connectivity index (χ1n) is 10.3. The molecule has 164 valence electrons. The number of nitrogens with one attached hydrogen (secondary N) is 2. The first kappa shape index (κ1) is 21.4. The monoisotopic (exact) mass is 510 g/mol. The van der Waals surface area contributed by atoms with Gasteiger partial charge in [-0.05, 0) is 35.9 Å². The number of nitriles is 1. The van der Waals surface area contributed by atoms with Crippen molar-refractivity contribution < 1.29 is 9.72 Å². The van der Waals surface area contributed by atoms with Gasteiger partial charge in [0.1, 0.15) is 6.07 Å². The average molecular weight is 511 g/mol. The number of nitrogens with zero attached hydrogens (tertiary/aromatic N) is 2. The number of aromatic nitrogens is 2. The van der Waals surface area contributed by atoms with Crippen molar-refractivity contribution in [3.8, 4) is 28.5 Å². The first-order valence-corrected chi connectivity index (χ1v) is 11.0. The highest BCUT2D eigenvalue weighted by molar-refractivity contribution is 9.10. The maximum absolute atomic E-state index is 13.5. The van der Waals surface area contributed by atoms with E-state index in [-0.39, 0.29) is 22.7 Å². The van der Waals surface area contributed by atoms with Gasteiger partial charge in [0.2, 0.25) is 5.78 Å². The van der Waals surface area contributed by atoms with E-state index in [4.69, 9.17) is 0 Å². The van der Waals surface area contributed by atoms with Crippen LogP contribution in [0.4, 0.5) is 5.69 Å². The zero-order valence-corrected chi connectivity index (χ0v) is 19.1. The van der Waals surface area contributed by atoms with Gasteiger partial charge in [-0.15, -0.1) is 0 Å². The Labute approximate surface area is 202 Å². The Kier molecular flexibility index (Phi) is 5.32. The lowest BCUT2D eigenvalue weighted by molar-refractivity contribution is -0.384. The second kappa shape index (κ2) is 8.46. The summed E-state index contributed by atoms with van der Waals surface area (Å²) >= 11 is 3.49. The number of benzene rings is 3. The molecule has 5 aromatic rings. The topological polar surface area (TPSA) is 116 Å². The number of nitro benzene ring substituents is 1. The van der Waals surface area contributed by atoms with Crippen molar-refractivity contribution in [1.29, 1.82) is 5.26 Å². The van der Waals surface area contributed by atoms with Crippen LogP contribution in [-0.2, 0) is 0 Å². The summed E-state index contributed by atoms with van der Waals surface area (Å²) in [6.07, 6.45) is 1.79. The summed E-state index contributed by atoms with van der Waals surface area (Å²) in [4.78, 5) is 30.6. The van der Waals surface area contributed by atoms with E-state index in [1.807, 2.05) is 24.3 Å². The molecular formula is C26H15BrN4O3. The summed E-state index contributed by atoms with van der Waals surface area (Å²) in [5, 5.41) is 22.2. The molecule has 0 amide bonds. The van der Waals surface area contributed by atoms with Crippen molar-refractivity contribution in [3.63, 3.8) is 0 Å². The second-order valence-corrected chi connectivity index (χ2v) is 8.54. The molecular weight excluding hydrogens is 496 g/mol. The molecule has 0 radical (unpaired) electrons. The number of H-pyrrole nitrogens is 2. The van der Waals surface area contributed by atoms with Crippen LogP contribution in [0.25, 0.3) is 33.3 Å². The Morgan fingerprint density at radius 1 is 1.03 bits per heavy atom. The molecule has 34 heavy (non-hydrogen) atoms. The van der Waals surface area contributed by atoms with Gasteiger partial charge in [-0.3, -0.25) is 14.9 Å². The van der Waals surface area contributed by atoms with Crippen LogP contribution in [0.2, 0.25) is 0 Å². The molecule has 0 atom stereocenters. The molecule has 5 rings (SSSR count). The summed E-state index contributed by atoms with van der Waals surface area (Å²) in [5.74, 6) is -0.280. The lowest BCUT2D eigenvalue weighted by Gasteiger charge is -2.05. The fourth-order valence-corrected chi connectivity index (χ4v) is 4.42. The largest absolute Gasteiger partial charge is 0.360 e. The van der Waals surface area contributed by atoms with Gasteiger partial charge >= 0.3 is 0 Å². The van der Waals surface area contributed by atoms with Crippen LogP contribution in [0.15, 0.2) is 83.5 Å². The fraction of sp³-hybridized carbons (Fsp3) is 0. The molecule has 0 aliphatic heterocycles. The van der Waals surface area contributed by atoms with Crippen LogP contribution < -0.4 is 0 Å². The van der Waals surface area contributed by atoms with Crippen LogP contribution in [0, 0.1) is 21.4 Å². The van der Waals surface area contributed by atoms with E-state index in [9.17, 15) is 20.2 Å². The Morgan fingerprint density at radius 2 is 1.76 bits per heavy atom. The maximum atomic E-state index is 13.5. The average Bonchev–Trinajstić information content (AvgIpc) is 3.45. The molecule has 0 spiro atoms. The fourth-order valence-electron chi connectivity index (χ4n) is 4.06. The van der Waals surface area contributed by atoms with E-state index in [1.54, 1.807) is 42.6 Å². The van der Waals surface area contributed by atoms with Crippen molar-refractivity contribution in [2.75, 3.05) is 0 Å². The highest BCUT2D eigenvalue weighted by Gasteiger charge is 2.26. The molecule has 0 aliphatic rings. The molecule has 0 bridgehead atoms. The van der Waals surface area contributed by atoms with E-state index in [0.29, 0.717) is 22.4 Å². The van der Waals surface area contributed by atoms with Crippen LogP contribution in [-0.4, -0.2) is 20.7 Å². The van der Waals surface area contributed by atoms with Crippen molar-refractivity contribution in [2.24, 2.45) is 0 Å². The summed E-state index contributed by atoms with van der Waals surface area (Å²) in [7, 11) is 0. The predicted molar refractivity (Wildman–Crippen MR) is 132 cm³/mol. The number of carbonyl (C=O) groups excluding carboxylic acids is 1. The number of non-ortho nitro benzene ring substituents is 1. The van der Waals surface area contributed by atoms with Crippen molar-refractivity contribution in [1.82, 2.24) is 9.97 Å². The third kappa shape index (κ3) is 3.58. The van der Waals surface area contributed by atoms with Crippen LogP contribution >= 0.6 is 15.9 Å². The Morgan fingerprint density at radius 3 is 2.44 bits per heavy atom. The lowest BCUT2D eigenvalue weighted by Crippen LogP contribution is -2.03. The number of carbonyl (C=O) groups is 1. The van der Waals surface area contributed by atoms with Gasteiger partial charge < -0.3 is 9.97 Å². The van der Waals surface area contributed by atoms with Gasteiger partial charge in [-0.2, -0.15) is 5.26 Å². The van der Waals surface area contributed by atoms with E-state index >= 15 is 0 Å². The van der Waals surface area contributed by atoms with Gasteiger partial charge in [0.15, 0.2) is 0 Å². The molecule has 2 N–H and O–H groups in total. The number of aromatic amines is 2. The Balaban J connectivity index is 1.79. The minimum absolute atomic E-state index is 0.0737. The van der Waals surface area contributed by atoms with Crippen molar-refractivity contribution in [3.05, 3.63) is 110 Å². The summed E-state index contributed by atoms with van der Waals surface area (Å²) in [6.45, 7) is 0. The zero-order valence-electron chi connectivity index (χ0n) is 17.5. The molecule has 8 heteroatoms. The number of rotatable bonds is 5. The number of nitro groups is 1. The predicted octanol–water partition coefficient (Wildman–Crippen LogP) is 6.60. The highest BCUT2D eigenvalue weighted by atomic mass is 79.9. The third-order valence-corrected chi connectivity index (χ3v) is 6.15. The smallest absolute Gasteiger partial charge is 0.269 e. The molecule has 0 aliphatic carbocycles. The van der Waals surface area contributed by atoms with E-state index in [2.05, 4.69) is 32.0 Å². The number of fused-ring (bicyclic) bond motifs is 1.